The molecule has 0 bridgehead atoms. The third-order valence-corrected chi connectivity index (χ3v) is 7.24. The Bertz CT molecular complexity index is 907. The van der Waals surface area contributed by atoms with Crippen molar-refractivity contribution in [3.8, 4) is 0 Å². The van der Waals surface area contributed by atoms with Gasteiger partial charge in [0.2, 0.25) is 5.91 Å². The van der Waals surface area contributed by atoms with Crippen molar-refractivity contribution in [3.63, 3.8) is 0 Å². The number of carbonyl (C=O) groups is 1. The number of hydrogen-bond donors (Lipinski definition) is 1. The maximum atomic E-state index is 12.5. The van der Waals surface area contributed by atoms with Gasteiger partial charge in [0.15, 0.2) is 0 Å². The minimum absolute atomic E-state index is 0.0569. The van der Waals surface area contributed by atoms with Gasteiger partial charge in [-0.3, -0.25) is 9.48 Å². The molecular weight excluding hydrogens is 338 g/mol. The van der Waals surface area contributed by atoms with Gasteiger partial charge in [-0.15, -0.1) is 0 Å². The molecule has 2 aliphatic carbocycles. The van der Waals surface area contributed by atoms with E-state index in [1.165, 1.54) is 34.9 Å². The molecule has 1 spiro atoms. The zero-order valence-electron chi connectivity index (χ0n) is 16.5. The van der Waals surface area contributed by atoms with E-state index in [2.05, 4.69) is 24.2 Å². The quantitative estimate of drug-likeness (QED) is 0.908. The van der Waals surface area contributed by atoms with Crippen molar-refractivity contribution in [1.29, 1.82) is 0 Å². The van der Waals surface area contributed by atoms with E-state index in [1.54, 1.807) is 0 Å². The molecule has 1 aliphatic heterocycles. The summed E-state index contributed by atoms with van der Waals surface area (Å²) < 4.78 is 1.95. The summed E-state index contributed by atoms with van der Waals surface area (Å²) in [7, 11) is 2.00. The fourth-order valence-corrected chi connectivity index (χ4v) is 5.81. The second-order valence-electron chi connectivity index (χ2n) is 9.88. The number of carbonyl (C=O) groups excluding carboxylic acids is 1. The third kappa shape index (κ3) is 2.78. The van der Waals surface area contributed by atoms with Gasteiger partial charge in [0.1, 0.15) is 0 Å². The van der Waals surface area contributed by atoms with Gasteiger partial charge in [0.25, 0.3) is 0 Å². The first-order valence-corrected chi connectivity index (χ1v) is 10.2. The van der Waals surface area contributed by atoms with Gasteiger partial charge in [-0.05, 0) is 75.1 Å². The highest BCUT2D eigenvalue weighted by molar-refractivity contribution is 5.81. The summed E-state index contributed by atoms with van der Waals surface area (Å²) in [4.78, 5) is 14.5. The fourth-order valence-electron chi connectivity index (χ4n) is 5.81. The van der Waals surface area contributed by atoms with Crippen LogP contribution in [0.15, 0.2) is 18.3 Å². The predicted octanol–water partition coefficient (Wildman–Crippen LogP) is 2.82. The first kappa shape index (κ1) is 17.2. The van der Waals surface area contributed by atoms with Crippen LogP contribution in [-0.2, 0) is 18.3 Å². The van der Waals surface area contributed by atoms with Gasteiger partial charge in [0.05, 0.1) is 17.3 Å². The highest BCUT2D eigenvalue weighted by Gasteiger charge is 2.55. The van der Waals surface area contributed by atoms with Crippen molar-refractivity contribution in [2.45, 2.75) is 51.6 Å². The molecule has 5 heteroatoms. The van der Waals surface area contributed by atoms with Crippen molar-refractivity contribution in [1.82, 2.24) is 14.7 Å². The number of amides is 1. The number of benzene rings is 1. The molecule has 2 aromatic rings. The highest BCUT2D eigenvalue weighted by atomic mass is 16.3. The molecule has 0 radical (unpaired) electrons. The van der Waals surface area contributed by atoms with Crippen molar-refractivity contribution < 1.29 is 9.90 Å². The molecule has 5 nitrogen and oxygen atoms in total. The second kappa shape index (κ2) is 5.57. The average Bonchev–Trinajstić information content (AvgIpc) is 2.85. The highest BCUT2D eigenvalue weighted by Crippen LogP contribution is 2.54. The molecule has 1 N–H and O–H groups in total. The SMILES string of the molecule is Cc1cc2cnn(C)c2cc1CC1CC2(C1)CN(C(=O)C1CC(C)(O)C1)C2. The monoisotopic (exact) mass is 367 g/mol. The smallest absolute Gasteiger partial charge is 0.225 e. The number of aryl methyl sites for hydroxylation is 2. The lowest BCUT2D eigenvalue weighted by atomic mass is 9.56. The van der Waals surface area contributed by atoms with E-state index in [-0.39, 0.29) is 11.8 Å². The van der Waals surface area contributed by atoms with E-state index >= 15 is 0 Å². The van der Waals surface area contributed by atoms with E-state index in [0.717, 1.165) is 25.4 Å². The van der Waals surface area contributed by atoms with E-state index in [9.17, 15) is 9.90 Å². The molecule has 2 heterocycles. The van der Waals surface area contributed by atoms with Gasteiger partial charge in [-0.2, -0.15) is 5.10 Å². The molecule has 144 valence electrons. The summed E-state index contributed by atoms with van der Waals surface area (Å²) in [6.45, 7) is 5.89. The molecule has 3 fully saturated rings. The molecule has 1 aromatic carbocycles. The van der Waals surface area contributed by atoms with Crippen LogP contribution in [0, 0.1) is 24.2 Å². The number of fused-ring (bicyclic) bond motifs is 1. The number of nitrogens with zero attached hydrogens (tertiary/aromatic N) is 3. The maximum absolute atomic E-state index is 12.5. The Kier molecular flexibility index (Phi) is 3.55. The Morgan fingerprint density at radius 1 is 1.26 bits per heavy atom. The van der Waals surface area contributed by atoms with Crippen LogP contribution in [0.2, 0.25) is 0 Å². The Hall–Kier alpha value is -1.88. The number of aromatic nitrogens is 2. The van der Waals surface area contributed by atoms with Crippen LogP contribution in [0.1, 0.15) is 43.7 Å². The lowest BCUT2D eigenvalue weighted by Crippen LogP contribution is -2.66. The minimum atomic E-state index is -0.614. The summed E-state index contributed by atoms with van der Waals surface area (Å²) in [5, 5.41) is 15.4. The Balaban J connectivity index is 1.16. The molecule has 5 rings (SSSR count). The maximum Gasteiger partial charge on any atom is 0.225 e. The largest absolute Gasteiger partial charge is 0.390 e. The first-order chi connectivity index (χ1) is 12.7. The van der Waals surface area contributed by atoms with Gasteiger partial charge in [0, 0.05) is 36.9 Å². The number of aliphatic hydroxyl groups is 1. The minimum Gasteiger partial charge on any atom is -0.390 e. The van der Waals surface area contributed by atoms with E-state index in [4.69, 9.17) is 0 Å². The standard InChI is InChI=1S/C22H29N3O2/c1-14-4-17-11-23-24(3)19(17)6-16(14)5-15-7-22(8-15)12-25(13-22)20(26)18-9-21(2,27)10-18/h4,6,11,15,18,27H,5,7-10,12-13H2,1-3H3. The van der Waals surface area contributed by atoms with Crippen LogP contribution in [0.5, 0.6) is 0 Å². The normalized spacial score (nSPS) is 29.5. The topological polar surface area (TPSA) is 58.4 Å². The average molecular weight is 367 g/mol. The summed E-state index contributed by atoms with van der Waals surface area (Å²) in [6, 6.07) is 4.56. The van der Waals surface area contributed by atoms with Crippen LogP contribution >= 0.6 is 0 Å². The fraction of sp³-hybridized carbons (Fsp3) is 0.636. The van der Waals surface area contributed by atoms with Crippen LogP contribution < -0.4 is 0 Å². The lowest BCUT2D eigenvalue weighted by molar-refractivity contribution is -0.171. The van der Waals surface area contributed by atoms with E-state index < -0.39 is 5.60 Å². The number of rotatable bonds is 3. The van der Waals surface area contributed by atoms with Crippen LogP contribution in [0.3, 0.4) is 0 Å². The molecule has 1 saturated heterocycles. The molecule has 3 aliphatic rings. The van der Waals surface area contributed by atoms with Crippen molar-refractivity contribution in [2.24, 2.45) is 24.3 Å². The Morgan fingerprint density at radius 2 is 1.96 bits per heavy atom. The summed E-state index contributed by atoms with van der Waals surface area (Å²) in [5.41, 5.74) is 3.78. The lowest BCUT2D eigenvalue weighted by Gasteiger charge is -2.60. The number of hydrogen-bond acceptors (Lipinski definition) is 3. The summed E-state index contributed by atoms with van der Waals surface area (Å²) in [5.74, 6) is 1.06. The number of likely N-dealkylation sites (tertiary alicyclic amines) is 1. The summed E-state index contributed by atoms with van der Waals surface area (Å²) in [6.07, 6.45) is 6.81. The van der Waals surface area contributed by atoms with Gasteiger partial charge in [-0.25, -0.2) is 0 Å². The molecule has 1 amide bonds. The van der Waals surface area contributed by atoms with Gasteiger partial charge < -0.3 is 10.0 Å². The molecule has 0 unspecified atom stereocenters. The Labute approximate surface area is 160 Å². The van der Waals surface area contributed by atoms with E-state index in [0.29, 0.717) is 18.3 Å². The van der Waals surface area contributed by atoms with E-state index in [1.807, 2.05) is 29.7 Å². The molecular formula is C22H29N3O2. The molecule has 2 saturated carbocycles. The van der Waals surface area contributed by atoms with Crippen molar-refractivity contribution >= 4 is 16.8 Å². The zero-order valence-corrected chi connectivity index (χ0v) is 16.5. The molecule has 0 atom stereocenters. The van der Waals surface area contributed by atoms with Gasteiger partial charge in [-0.1, -0.05) is 0 Å². The molecule has 1 aromatic heterocycles. The van der Waals surface area contributed by atoms with Crippen LogP contribution in [0.25, 0.3) is 10.9 Å². The van der Waals surface area contributed by atoms with Crippen molar-refractivity contribution in [2.75, 3.05) is 13.1 Å². The van der Waals surface area contributed by atoms with Crippen LogP contribution in [0.4, 0.5) is 0 Å². The predicted molar refractivity (Wildman–Crippen MR) is 104 cm³/mol. The second-order valence-corrected chi connectivity index (χ2v) is 9.88. The Morgan fingerprint density at radius 3 is 2.63 bits per heavy atom. The first-order valence-electron chi connectivity index (χ1n) is 10.2. The molecule has 27 heavy (non-hydrogen) atoms. The van der Waals surface area contributed by atoms with Gasteiger partial charge >= 0.3 is 0 Å². The van der Waals surface area contributed by atoms with Crippen LogP contribution in [-0.4, -0.2) is 44.4 Å². The zero-order chi connectivity index (χ0) is 19.0. The summed E-state index contributed by atoms with van der Waals surface area (Å²) >= 11 is 0. The van der Waals surface area contributed by atoms with Crippen molar-refractivity contribution in [3.05, 3.63) is 29.5 Å². The third-order valence-electron chi connectivity index (χ3n) is 7.24.